The van der Waals surface area contributed by atoms with Gasteiger partial charge in [0.2, 0.25) is 0 Å². The lowest BCUT2D eigenvalue weighted by molar-refractivity contribution is 0.511. The van der Waals surface area contributed by atoms with E-state index in [0.717, 1.165) is 23.7 Å². The van der Waals surface area contributed by atoms with Gasteiger partial charge in [-0.2, -0.15) is 0 Å². The van der Waals surface area contributed by atoms with Crippen LogP contribution in [0.15, 0.2) is 29.9 Å². The third-order valence-corrected chi connectivity index (χ3v) is 3.68. The molecule has 0 bridgehead atoms. The van der Waals surface area contributed by atoms with Crippen LogP contribution < -0.4 is 5.32 Å². The van der Waals surface area contributed by atoms with Crippen molar-refractivity contribution in [2.75, 3.05) is 0 Å². The Labute approximate surface area is 106 Å². The monoisotopic (exact) mass is 247 g/mol. The van der Waals surface area contributed by atoms with Gasteiger partial charge >= 0.3 is 0 Å². The van der Waals surface area contributed by atoms with E-state index in [4.69, 9.17) is 0 Å². The van der Waals surface area contributed by atoms with Crippen LogP contribution in [-0.2, 0) is 6.54 Å². The van der Waals surface area contributed by atoms with Crippen LogP contribution >= 0.6 is 11.3 Å². The molecule has 0 saturated carbocycles. The normalized spacial score (nSPS) is 12.6. The summed E-state index contributed by atoms with van der Waals surface area (Å²) < 4.78 is 0. The highest BCUT2D eigenvalue weighted by Crippen LogP contribution is 2.19. The Balaban J connectivity index is 2.00. The summed E-state index contributed by atoms with van der Waals surface area (Å²) in [6.45, 7) is 5.06. The fourth-order valence-corrected chi connectivity index (χ4v) is 2.53. The molecule has 2 aromatic heterocycles. The molecular weight excluding hydrogens is 230 g/mol. The lowest BCUT2D eigenvalue weighted by atomic mass is 10.2. The van der Waals surface area contributed by atoms with E-state index in [2.05, 4.69) is 35.2 Å². The third kappa shape index (κ3) is 3.11. The Morgan fingerprint density at radius 3 is 2.88 bits per heavy atom. The number of nitrogens with one attached hydrogen (secondary N) is 1. The second kappa shape index (κ2) is 5.89. The zero-order valence-corrected chi connectivity index (χ0v) is 11.0. The summed E-state index contributed by atoms with van der Waals surface area (Å²) in [6, 6.07) is 4.39. The number of nitrogens with zero attached hydrogens (tertiary/aromatic N) is 2. The van der Waals surface area contributed by atoms with Crippen molar-refractivity contribution in [2.45, 2.75) is 32.9 Å². The summed E-state index contributed by atoms with van der Waals surface area (Å²) in [4.78, 5) is 8.74. The first kappa shape index (κ1) is 12.2. The van der Waals surface area contributed by atoms with Gasteiger partial charge < -0.3 is 5.32 Å². The second-order valence-corrected chi connectivity index (χ2v) is 4.91. The number of rotatable bonds is 5. The Kier molecular flexibility index (Phi) is 4.23. The van der Waals surface area contributed by atoms with Crippen LogP contribution in [0.5, 0.6) is 0 Å². The fourth-order valence-electron chi connectivity index (χ4n) is 1.74. The van der Waals surface area contributed by atoms with E-state index in [-0.39, 0.29) is 0 Å². The first-order valence-corrected chi connectivity index (χ1v) is 6.72. The van der Waals surface area contributed by atoms with Gasteiger partial charge in [0.05, 0.1) is 11.7 Å². The highest BCUT2D eigenvalue weighted by Gasteiger charge is 2.11. The molecule has 4 heteroatoms. The van der Waals surface area contributed by atoms with Gasteiger partial charge in [-0.05, 0) is 25.0 Å². The van der Waals surface area contributed by atoms with E-state index in [1.165, 1.54) is 5.56 Å². The van der Waals surface area contributed by atoms with Crippen LogP contribution in [-0.4, -0.2) is 9.97 Å². The molecule has 90 valence electrons. The third-order valence-electron chi connectivity index (χ3n) is 2.79. The largest absolute Gasteiger partial charge is 0.302 e. The highest BCUT2D eigenvalue weighted by molar-refractivity contribution is 7.09. The molecular formula is C13H17N3S. The van der Waals surface area contributed by atoms with Crippen LogP contribution in [0.3, 0.4) is 0 Å². The molecule has 0 radical (unpaired) electrons. The SMILES string of the molecule is CCC(NCc1ncccc1C)c1nccs1. The zero-order valence-electron chi connectivity index (χ0n) is 10.2. The summed E-state index contributed by atoms with van der Waals surface area (Å²) in [5, 5.41) is 6.69. The van der Waals surface area contributed by atoms with E-state index in [0.29, 0.717) is 6.04 Å². The predicted molar refractivity (Wildman–Crippen MR) is 71.0 cm³/mol. The first-order chi connectivity index (χ1) is 8.31. The predicted octanol–water partition coefficient (Wildman–Crippen LogP) is 3.09. The Morgan fingerprint density at radius 1 is 1.35 bits per heavy atom. The lowest BCUT2D eigenvalue weighted by Gasteiger charge is -2.14. The summed E-state index contributed by atoms with van der Waals surface area (Å²) in [7, 11) is 0. The van der Waals surface area contributed by atoms with Crippen molar-refractivity contribution in [1.82, 2.24) is 15.3 Å². The number of hydrogen-bond donors (Lipinski definition) is 1. The summed E-state index contributed by atoms with van der Waals surface area (Å²) in [5.41, 5.74) is 2.34. The minimum absolute atomic E-state index is 0.330. The molecule has 17 heavy (non-hydrogen) atoms. The van der Waals surface area contributed by atoms with Gasteiger partial charge in [0.25, 0.3) is 0 Å². The van der Waals surface area contributed by atoms with Crippen molar-refractivity contribution >= 4 is 11.3 Å². The molecule has 0 fully saturated rings. The molecule has 2 rings (SSSR count). The van der Waals surface area contributed by atoms with E-state index in [9.17, 15) is 0 Å². The standard InChI is InChI=1S/C13H17N3S/c1-3-11(13-15-7-8-17-13)16-9-12-10(2)5-4-6-14-12/h4-8,11,16H,3,9H2,1-2H3. The highest BCUT2D eigenvalue weighted by atomic mass is 32.1. The number of pyridine rings is 1. The molecule has 1 unspecified atom stereocenters. The van der Waals surface area contributed by atoms with Crippen LogP contribution in [0.2, 0.25) is 0 Å². The maximum absolute atomic E-state index is 4.39. The molecule has 2 heterocycles. The van der Waals surface area contributed by atoms with Crippen molar-refractivity contribution in [2.24, 2.45) is 0 Å². The van der Waals surface area contributed by atoms with Gasteiger partial charge in [-0.25, -0.2) is 4.98 Å². The number of aromatic nitrogens is 2. The minimum Gasteiger partial charge on any atom is -0.302 e. The molecule has 0 aliphatic heterocycles. The smallest absolute Gasteiger partial charge is 0.109 e. The van der Waals surface area contributed by atoms with Crippen molar-refractivity contribution in [3.05, 3.63) is 46.2 Å². The quantitative estimate of drug-likeness (QED) is 0.882. The summed E-state index contributed by atoms with van der Waals surface area (Å²) >= 11 is 1.70. The topological polar surface area (TPSA) is 37.8 Å². The zero-order chi connectivity index (χ0) is 12.1. The van der Waals surface area contributed by atoms with Crippen LogP contribution in [0, 0.1) is 6.92 Å². The molecule has 0 aromatic carbocycles. The lowest BCUT2D eigenvalue weighted by Crippen LogP contribution is -2.21. The first-order valence-electron chi connectivity index (χ1n) is 5.84. The van der Waals surface area contributed by atoms with E-state index < -0.39 is 0 Å². The maximum Gasteiger partial charge on any atom is 0.109 e. The van der Waals surface area contributed by atoms with Crippen LogP contribution in [0.4, 0.5) is 0 Å². The van der Waals surface area contributed by atoms with Gasteiger partial charge in [0.1, 0.15) is 5.01 Å². The number of hydrogen-bond acceptors (Lipinski definition) is 4. The molecule has 2 aromatic rings. The molecule has 0 aliphatic rings. The van der Waals surface area contributed by atoms with Gasteiger partial charge in [0.15, 0.2) is 0 Å². The molecule has 0 aliphatic carbocycles. The summed E-state index contributed by atoms with van der Waals surface area (Å²) in [6.07, 6.45) is 4.74. The molecule has 1 atom stereocenters. The number of aryl methyl sites for hydroxylation is 1. The average molecular weight is 247 g/mol. The van der Waals surface area contributed by atoms with Crippen LogP contribution in [0.1, 0.15) is 35.7 Å². The van der Waals surface area contributed by atoms with Crippen molar-refractivity contribution < 1.29 is 0 Å². The molecule has 0 saturated heterocycles. The van der Waals surface area contributed by atoms with Gasteiger partial charge in [-0.15, -0.1) is 11.3 Å². The van der Waals surface area contributed by atoms with Gasteiger partial charge in [0, 0.05) is 24.3 Å². The van der Waals surface area contributed by atoms with Gasteiger partial charge in [-0.3, -0.25) is 4.98 Å². The van der Waals surface area contributed by atoms with E-state index in [1.54, 1.807) is 11.3 Å². The Morgan fingerprint density at radius 2 is 2.24 bits per heavy atom. The summed E-state index contributed by atoms with van der Waals surface area (Å²) in [5.74, 6) is 0. The number of thiazole rings is 1. The second-order valence-electron chi connectivity index (χ2n) is 3.98. The van der Waals surface area contributed by atoms with Crippen molar-refractivity contribution in [3.63, 3.8) is 0 Å². The Bertz CT molecular complexity index is 453. The molecule has 0 amide bonds. The van der Waals surface area contributed by atoms with Crippen molar-refractivity contribution in [3.8, 4) is 0 Å². The molecule has 1 N–H and O–H groups in total. The minimum atomic E-state index is 0.330. The Hall–Kier alpha value is -1.26. The van der Waals surface area contributed by atoms with Crippen molar-refractivity contribution in [1.29, 1.82) is 0 Å². The average Bonchev–Trinajstić information content (AvgIpc) is 2.86. The van der Waals surface area contributed by atoms with Crippen LogP contribution in [0.25, 0.3) is 0 Å². The molecule has 3 nitrogen and oxygen atoms in total. The van der Waals surface area contributed by atoms with Gasteiger partial charge in [-0.1, -0.05) is 13.0 Å². The van der Waals surface area contributed by atoms with E-state index in [1.807, 2.05) is 23.8 Å². The maximum atomic E-state index is 4.39. The van der Waals surface area contributed by atoms with E-state index >= 15 is 0 Å². The fraction of sp³-hybridized carbons (Fsp3) is 0.385. The molecule has 0 spiro atoms.